The van der Waals surface area contributed by atoms with Crippen molar-refractivity contribution >= 4 is 34.5 Å². The predicted octanol–water partition coefficient (Wildman–Crippen LogP) is 4.55. The van der Waals surface area contributed by atoms with Gasteiger partial charge in [0.05, 0.1) is 10.5 Å². The van der Waals surface area contributed by atoms with E-state index < -0.39 is 5.91 Å². The number of para-hydroxylation sites is 1. The number of benzene rings is 2. The Balaban J connectivity index is 1.32. The summed E-state index contributed by atoms with van der Waals surface area (Å²) in [6, 6.07) is 12.7. The maximum atomic E-state index is 11.1. The molecule has 0 aliphatic heterocycles. The van der Waals surface area contributed by atoms with Gasteiger partial charge in [-0.15, -0.1) is 0 Å². The van der Waals surface area contributed by atoms with E-state index in [1.165, 1.54) is 28.2 Å². The Bertz CT molecular complexity index is 1060. The molecule has 0 radical (unpaired) electrons. The first-order valence-electron chi connectivity index (χ1n) is 9.88. The lowest BCUT2D eigenvalue weighted by Gasteiger charge is -2.14. The lowest BCUT2D eigenvalue weighted by molar-refractivity contribution is -0.124. The lowest BCUT2D eigenvalue weighted by atomic mass is 10.0. The first-order chi connectivity index (χ1) is 14.2. The normalized spacial score (nSPS) is 15.9. The van der Waals surface area contributed by atoms with Gasteiger partial charge in [0.1, 0.15) is 0 Å². The van der Waals surface area contributed by atoms with Crippen LogP contribution in [0.15, 0.2) is 48.7 Å². The molecule has 3 aromatic rings. The Kier molecular flexibility index (Phi) is 6.00. The van der Waals surface area contributed by atoms with E-state index in [-0.39, 0.29) is 0 Å². The lowest BCUT2D eigenvalue weighted by Crippen LogP contribution is -2.20. The smallest absolute Gasteiger partial charge is 0.267 e. The summed E-state index contributed by atoms with van der Waals surface area (Å²) in [6.45, 7) is 0.954. The number of hydroxylamine groups is 1. The Morgan fingerprint density at radius 2 is 2.21 bits per heavy atom. The fraction of sp³-hybridized carbons (Fsp3) is 0.261. The number of carbonyl (C=O) groups excluding carboxylic acids is 1. The van der Waals surface area contributed by atoms with E-state index in [0.717, 1.165) is 48.3 Å². The van der Waals surface area contributed by atoms with Crippen LogP contribution in [0, 0.1) is 0 Å². The summed E-state index contributed by atoms with van der Waals surface area (Å²) in [5.74, 6) is -0.525. The second-order valence-electron chi connectivity index (χ2n) is 7.39. The Morgan fingerprint density at radius 1 is 1.31 bits per heavy atom. The summed E-state index contributed by atoms with van der Waals surface area (Å²) in [6.07, 6.45) is 9.27. The van der Waals surface area contributed by atoms with E-state index in [0.29, 0.717) is 6.04 Å². The van der Waals surface area contributed by atoms with Crippen LogP contribution in [-0.2, 0) is 17.6 Å². The van der Waals surface area contributed by atoms with Gasteiger partial charge in [-0.05, 0) is 66.6 Å². The first kappa shape index (κ1) is 19.7. The van der Waals surface area contributed by atoms with Gasteiger partial charge in [-0.1, -0.05) is 41.9 Å². The quantitative estimate of drug-likeness (QED) is 0.200. The number of aromatic nitrogens is 1. The van der Waals surface area contributed by atoms with Gasteiger partial charge in [-0.25, -0.2) is 5.48 Å². The largest absolute Gasteiger partial charge is 0.360 e. The minimum atomic E-state index is -0.525. The zero-order valence-corrected chi connectivity index (χ0v) is 16.8. The molecule has 1 unspecified atom stereocenters. The highest BCUT2D eigenvalue weighted by Gasteiger charge is 2.21. The molecule has 0 fully saturated rings. The van der Waals surface area contributed by atoms with Crippen molar-refractivity contribution in [2.75, 3.05) is 6.54 Å². The number of hydrogen-bond donors (Lipinski definition) is 4. The summed E-state index contributed by atoms with van der Waals surface area (Å²) in [4.78, 5) is 14.4. The number of H-pyrrole nitrogens is 1. The maximum absolute atomic E-state index is 11.1. The Hall–Kier alpha value is -2.60. The molecule has 29 heavy (non-hydrogen) atoms. The highest BCUT2D eigenvalue weighted by Crippen LogP contribution is 2.32. The van der Waals surface area contributed by atoms with Crippen molar-refractivity contribution in [1.29, 1.82) is 0 Å². The summed E-state index contributed by atoms with van der Waals surface area (Å²) < 4.78 is 0. The van der Waals surface area contributed by atoms with Crippen LogP contribution in [0.2, 0.25) is 5.02 Å². The van der Waals surface area contributed by atoms with Crippen molar-refractivity contribution in [3.63, 3.8) is 0 Å². The van der Waals surface area contributed by atoms with Gasteiger partial charge in [-0.3, -0.25) is 10.0 Å². The molecule has 4 rings (SSSR count). The van der Waals surface area contributed by atoms with Gasteiger partial charge in [0.2, 0.25) is 0 Å². The summed E-state index contributed by atoms with van der Waals surface area (Å²) >= 11 is 6.24. The van der Waals surface area contributed by atoms with E-state index in [1.54, 1.807) is 11.6 Å². The van der Waals surface area contributed by atoms with E-state index in [9.17, 15) is 4.79 Å². The molecule has 0 spiro atoms. The SMILES string of the molecule is O=C(/C=C/c1ccc2c(c1)CCC2NCCCc1c[nH]c2c(Cl)cccc12)NO. The molecule has 1 amide bonds. The number of nitrogens with one attached hydrogen (secondary N) is 3. The van der Waals surface area contributed by atoms with Gasteiger partial charge < -0.3 is 10.3 Å². The van der Waals surface area contributed by atoms with E-state index in [1.807, 2.05) is 18.2 Å². The zero-order chi connectivity index (χ0) is 20.2. The van der Waals surface area contributed by atoms with Gasteiger partial charge in [-0.2, -0.15) is 0 Å². The van der Waals surface area contributed by atoms with Crippen molar-refractivity contribution < 1.29 is 10.0 Å². The Labute approximate surface area is 174 Å². The molecule has 1 aliphatic rings. The third-order valence-corrected chi connectivity index (χ3v) is 5.86. The number of aryl methyl sites for hydroxylation is 2. The van der Waals surface area contributed by atoms with Crippen molar-refractivity contribution in [2.24, 2.45) is 0 Å². The second kappa shape index (κ2) is 8.82. The molecular weight excluding hydrogens is 386 g/mol. The number of amides is 1. The summed E-state index contributed by atoms with van der Waals surface area (Å²) in [5.41, 5.74) is 7.55. The molecule has 150 valence electrons. The summed E-state index contributed by atoms with van der Waals surface area (Å²) in [5, 5.41) is 14.2. The molecule has 0 bridgehead atoms. The van der Waals surface area contributed by atoms with Crippen LogP contribution in [0.4, 0.5) is 0 Å². The zero-order valence-electron chi connectivity index (χ0n) is 16.0. The summed E-state index contributed by atoms with van der Waals surface area (Å²) in [7, 11) is 0. The van der Waals surface area contributed by atoms with Crippen LogP contribution < -0.4 is 10.8 Å². The molecule has 1 atom stereocenters. The molecule has 2 aromatic carbocycles. The minimum Gasteiger partial charge on any atom is -0.360 e. The third kappa shape index (κ3) is 4.37. The number of rotatable bonds is 7. The van der Waals surface area contributed by atoms with Gasteiger partial charge >= 0.3 is 0 Å². The average Bonchev–Trinajstić information content (AvgIpc) is 3.34. The molecule has 1 aliphatic carbocycles. The monoisotopic (exact) mass is 409 g/mol. The molecule has 4 N–H and O–H groups in total. The number of halogens is 1. The topological polar surface area (TPSA) is 77.2 Å². The predicted molar refractivity (Wildman–Crippen MR) is 116 cm³/mol. The second-order valence-corrected chi connectivity index (χ2v) is 7.80. The molecule has 1 heterocycles. The third-order valence-electron chi connectivity index (χ3n) is 5.55. The number of fused-ring (bicyclic) bond motifs is 2. The van der Waals surface area contributed by atoms with Crippen LogP contribution in [0.1, 0.15) is 41.1 Å². The molecule has 1 aromatic heterocycles. The standard InChI is InChI=1S/C23H24ClN3O2/c24-20-5-1-4-19-17(14-26-23(19)20)3-2-12-25-21-10-8-16-13-15(6-9-18(16)21)7-11-22(28)27-29/h1,4-7,9,11,13-14,21,25-26,29H,2-3,8,10,12H2,(H,27,28)/b11-7+. The van der Waals surface area contributed by atoms with E-state index in [4.69, 9.17) is 16.8 Å². The van der Waals surface area contributed by atoms with Crippen LogP contribution in [0.3, 0.4) is 0 Å². The number of aromatic amines is 1. The molecular formula is C23H24ClN3O2. The number of hydrogen-bond acceptors (Lipinski definition) is 3. The van der Waals surface area contributed by atoms with Gasteiger partial charge in [0.15, 0.2) is 0 Å². The van der Waals surface area contributed by atoms with Crippen LogP contribution in [-0.4, -0.2) is 22.6 Å². The van der Waals surface area contributed by atoms with Crippen LogP contribution in [0.25, 0.3) is 17.0 Å². The van der Waals surface area contributed by atoms with Crippen molar-refractivity contribution in [3.8, 4) is 0 Å². The highest BCUT2D eigenvalue weighted by molar-refractivity contribution is 6.35. The van der Waals surface area contributed by atoms with E-state index >= 15 is 0 Å². The number of carbonyl (C=O) groups is 1. The fourth-order valence-corrected chi connectivity index (χ4v) is 4.33. The van der Waals surface area contributed by atoms with Crippen LogP contribution in [0.5, 0.6) is 0 Å². The maximum Gasteiger partial charge on any atom is 0.267 e. The van der Waals surface area contributed by atoms with Crippen molar-refractivity contribution in [3.05, 3.63) is 75.9 Å². The van der Waals surface area contributed by atoms with E-state index in [2.05, 4.69) is 34.7 Å². The first-order valence-corrected chi connectivity index (χ1v) is 10.3. The Morgan fingerprint density at radius 3 is 3.07 bits per heavy atom. The minimum absolute atomic E-state index is 0.376. The van der Waals surface area contributed by atoms with Gasteiger partial charge in [0, 0.05) is 23.7 Å². The highest BCUT2D eigenvalue weighted by atomic mass is 35.5. The van der Waals surface area contributed by atoms with Crippen molar-refractivity contribution in [1.82, 2.24) is 15.8 Å². The molecule has 5 nitrogen and oxygen atoms in total. The molecule has 0 saturated carbocycles. The average molecular weight is 410 g/mol. The van der Waals surface area contributed by atoms with Gasteiger partial charge in [0.25, 0.3) is 5.91 Å². The molecule has 0 saturated heterocycles. The van der Waals surface area contributed by atoms with Crippen molar-refractivity contribution in [2.45, 2.75) is 31.7 Å². The fourth-order valence-electron chi connectivity index (χ4n) is 4.10. The van der Waals surface area contributed by atoms with Crippen LogP contribution >= 0.6 is 11.6 Å². The molecule has 6 heteroatoms.